The fraction of sp³-hybridized carbons (Fsp3) is 0.250. The first kappa shape index (κ1) is 30.0. The Morgan fingerprint density at radius 1 is 0.727 bits per heavy atom. The summed E-state index contributed by atoms with van der Waals surface area (Å²) in [5.74, 6) is -0.396. The number of hydrogen-bond acceptors (Lipinski definition) is 18. The predicted molar refractivity (Wildman–Crippen MR) is 159 cm³/mol. The zero-order valence-electron chi connectivity index (χ0n) is 24.1. The van der Waals surface area contributed by atoms with E-state index in [4.69, 9.17) is 20.9 Å². The molecule has 18 nitrogen and oxygen atoms in total. The van der Waals surface area contributed by atoms with Gasteiger partial charge in [-0.1, -0.05) is 22.7 Å². The van der Waals surface area contributed by atoms with Crippen molar-refractivity contribution in [1.82, 2.24) is 39.5 Å². The average Bonchev–Trinajstić information content (AvgIpc) is 3.73. The van der Waals surface area contributed by atoms with E-state index in [9.17, 15) is 9.59 Å². The molecule has 0 saturated carbocycles. The van der Waals surface area contributed by atoms with E-state index in [-0.39, 0.29) is 44.4 Å². The second kappa shape index (κ2) is 12.0. The van der Waals surface area contributed by atoms with E-state index in [1.807, 2.05) is 0 Å². The minimum Gasteiger partial charge on any atom is -0.464 e. The number of aryl methyl sites for hydroxylation is 4. The highest BCUT2D eigenvalue weighted by atomic mass is 32.1. The van der Waals surface area contributed by atoms with Crippen LogP contribution in [0, 0.1) is 27.7 Å². The molecule has 0 aliphatic carbocycles. The van der Waals surface area contributed by atoms with Crippen LogP contribution in [-0.2, 0) is 9.47 Å². The molecule has 0 aliphatic rings. The first-order valence-corrected chi connectivity index (χ1v) is 14.1. The van der Waals surface area contributed by atoms with Crippen LogP contribution >= 0.6 is 22.7 Å². The van der Waals surface area contributed by atoms with E-state index < -0.39 is 11.9 Å². The monoisotopic (exact) mass is 636 g/mol. The molecule has 5 heterocycles. The normalized spacial score (nSPS) is 11.6. The quantitative estimate of drug-likeness (QED) is 0.176. The van der Waals surface area contributed by atoms with Gasteiger partial charge in [0.25, 0.3) is 0 Å². The Morgan fingerprint density at radius 2 is 1.14 bits per heavy atom. The number of carbonyl (C=O) groups excluding carboxylic acids is 2. The summed E-state index contributed by atoms with van der Waals surface area (Å²) in [6, 6.07) is 1.57. The lowest BCUT2D eigenvalue weighted by atomic mass is 10.4. The molecule has 0 fully saturated rings. The van der Waals surface area contributed by atoms with Crippen molar-refractivity contribution in [1.29, 1.82) is 0 Å². The van der Waals surface area contributed by atoms with Gasteiger partial charge in [0.05, 0.1) is 35.6 Å². The number of ether oxygens (including phenoxy) is 2. The van der Waals surface area contributed by atoms with Gasteiger partial charge in [0.1, 0.15) is 6.33 Å². The molecule has 0 atom stereocenters. The number of aromatic nitrogens is 8. The Labute approximate surface area is 256 Å². The standard InChI is InChI=1S/C24H24N14O4S2/c1-9-15(31-33-21-17(23(39)41-5)29-11(3)43-21)19(25)37(35-9)13-7-14(28-8-27-13)38-20(26)16(10(2)36-38)32-34-22-18(24(40)42-6)30-12(4)44-22/h7-8H,25-26H2,1-6H3. The maximum absolute atomic E-state index is 12.0. The van der Waals surface area contributed by atoms with Gasteiger partial charge in [0.15, 0.2) is 56.0 Å². The van der Waals surface area contributed by atoms with Crippen LogP contribution in [0.3, 0.4) is 0 Å². The smallest absolute Gasteiger partial charge is 0.359 e. The van der Waals surface area contributed by atoms with Crippen LogP contribution in [-0.4, -0.2) is 65.7 Å². The first-order chi connectivity index (χ1) is 21.0. The predicted octanol–water partition coefficient (Wildman–Crippen LogP) is 4.56. The summed E-state index contributed by atoms with van der Waals surface area (Å²) in [5, 5.41) is 27.5. The Kier molecular flexibility index (Phi) is 8.18. The molecule has 20 heteroatoms. The van der Waals surface area contributed by atoms with Crippen molar-refractivity contribution in [3.05, 3.63) is 45.2 Å². The Hall–Kier alpha value is -5.50. The Bertz CT molecular complexity index is 1830. The van der Waals surface area contributed by atoms with Gasteiger partial charge in [-0.15, -0.1) is 20.5 Å². The molecule has 5 aromatic rings. The number of azo groups is 2. The van der Waals surface area contributed by atoms with E-state index in [2.05, 4.69) is 50.6 Å². The summed E-state index contributed by atoms with van der Waals surface area (Å²) in [6.45, 7) is 6.88. The zero-order chi connectivity index (χ0) is 31.7. The van der Waals surface area contributed by atoms with Crippen molar-refractivity contribution in [2.75, 3.05) is 25.7 Å². The number of hydrogen-bond donors (Lipinski definition) is 2. The third-order valence-electron chi connectivity index (χ3n) is 5.87. The molecule has 0 bridgehead atoms. The summed E-state index contributed by atoms with van der Waals surface area (Å²) < 4.78 is 12.3. The fourth-order valence-corrected chi connectivity index (χ4v) is 5.31. The molecule has 0 unspecified atom stereocenters. The Balaban J connectivity index is 1.46. The highest BCUT2D eigenvalue weighted by Gasteiger charge is 2.22. The number of anilines is 2. The van der Waals surface area contributed by atoms with Crippen molar-refractivity contribution < 1.29 is 19.1 Å². The van der Waals surface area contributed by atoms with E-state index in [1.54, 1.807) is 33.8 Å². The van der Waals surface area contributed by atoms with Crippen LogP contribution in [0.1, 0.15) is 42.4 Å². The summed E-state index contributed by atoms with van der Waals surface area (Å²) >= 11 is 2.36. The highest BCUT2D eigenvalue weighted by Crippen LogP contribution is 2.35. The maximum Gasteiger partial charge on any atom is 0.359 e. The number of carbonyl (C=O) groups is 2. The van der Waals surface area contributed by atoms with Gasteiger partial charge in [0.2, 0.25) is 0 Å². The van der Waals surface area contributed by atoms with E-state index in [1.165, 1.54) is 52.6 Å². The second-order valence-corrected chi connectivity index (χ2v) is 11.2. The number of nitrogens with zero attached hydrogens (tertiary/aromatic N) is 12. The summed E-state index contributed by atoms with van der Waals surface area (Å²) in [5.41, 5.74) is 14.3. The molecule has 0 spiro atoms. The van der Waals surface area contributed by atoms with Gasteiger partial charge >= 0.3 is 11.9 Å². The lowest BCUT2D eigenvalue weighted by Gasteiger charge is -2.06. The molecular weight excluding hydrogens is 612 g/mol. The zero-order valence-corrected chi connectivity index (χ0v) is 25.8. The van der Waals surface area contributed by atoms with E-state index in [0.717, 1.165) is 0 Å². The number of nitrogen functional groups attached to an aromatic ring is 2. The maximum atomic E-state index is 12.0. The largest absolute Gasteiger partial charge is 0.464 e. The summed E-state index contributed by atoms with van der Waals surface area (Å²) in [4.78, 5) is 41.0. The molecule has 226 valence electrons. The molecule has 0 saturated heterocycles. The minimum atomic E-state index is -0.625. The van der Waals surface area contributed by atoms with Gasteiger partial charge in [0, 0.05) is 6.07 Å². The lowest BCUT2D eigenvalue weighted by molar-refractivity contribution is 0.0587. The van der Waals surface area contributed by atoms with Crippen molar-refractivity contribution in [2.24, 2.45) is 20.5 Å². The number of esters is 2. The highest BCUT2D eigenvalue weighted by molar-refractivity contribution is 7.16. The van der Waals surface area contributed by atoms with Gasteiger partial charge in [-0.2, -0.15) is 19.6 Å². The average molecular weight is 637 g/mol. The molecule has 5 rings (SSSR count). The van der Waals surface area contributed by atoms with Crippen LogP contribution in [0.4, 0.5) is 33.0 Å². The minimum absolute atomic E-state index is 0.0555. The molecular formula is C24H24N14O4S2. The molecule has 5 aromatic heterocycles. The fourth-order valence-electron chi connectivity index (χ4n) is 3.86. The van der Waals surface area contributed by atoms with Crippen LogP contribution < -0.4 is 11.5 Å². The topological polar surface area (TPSA) is 241 Å². The van der Waals surface area contributed by atoms with E-state index in [0.29, 0.717) is 33.0 Å². The number of methoxy groups -OCH3 is 2. The van der Waals surface area contributed by atoms with Crippen LogP contribution in [0.2, 0.25) is 0 Å². The summed E-state index contributed by atoms with van der Waals surface area (Å²) in [6.07, 6.45) is 1.30. The number of rotatable bonds is 8. The van der Waals surface area contributed by atoms with Crippen LogP contribution in [0.15, 0.2) is 32.9 Å². The Morgan fingerprint density at radius 3 is 1.52 bits per heavy atom. The van der Waals surface area contributed by atoms with Crippen molar-refractivity contribution in [2.45, 2.75) is 27.7 Å². The van der Waals surface area contributed by atoms with Crippen molar-refractivity contribution in [3.63, 3.8) is 0 Å². The lowest BCUT2D eigenvalue weighted by Crippen LogP contribution is -2.09. The van der Waals surface area contributed by atoms with Gasteiger partial charge in [-0.25, -0.2) is 29.5 Å². The molecule has 0 aliphatic heterocycles. The molecule has 0 radical (unpaired) electrons. The molecule has 44 heavy (non-hydrogen) atoms. The molecule has 0 aromatic carbocycles. The van der Waals surface area contributed by atoms with Gasteiger partial charge < -0.3 is 20.9 Å². The van der Waals surface area contributed by atoms with Crippen molar-refractivity contribution in [3.8, 4) is 11.6 Å². The first-order valence-electron chi connectivity index (χ1n) is 12.5. The third-order valence-corrected chi connectivity index (χ3v) is 7.58. The summed E-state index contributed by atoms with van der Waals surface area (Å²) in [7, 11) is 2.52. The molecule has 0 amide bonds. The molecule has 4 N–H and O–H groups in total. The van der Waals surface area contributed by atoms with Crippen LogP contribution in [0.25, 0.3) is 11.6 Å². The van der Waals surface area contributed by atoms with Gasteiger partial charge in [-0.05, 0) is 27.7 Å². The van der Waals surface area contributed by atoms with Crippen LogP contribution in [0.5, 0.6) is 0 Å². The number of thiazole rings is 2. The second-order valence-electron chi connectivity index (χ2n) is 8.85. The van der Waals surface area contributed by atoms with E-state index >= 15 is 0 Å². The SMILES string of the molecule is COC(=O)c1nc(C)sc1N=Nc1c(C)nn(-c2cc(-n3nc(C)c(N=Nc4sc(C)nc4C(=O)OC)c3N)ncn2)c1N. The van der Waals surface area contributed by atoms with Gasteiger partial charge in [-0.3, -0.25) is 0 Å². The van der Waals surface area contributed by atoms with Crippen molar-refractivity contribution >= 4 is 67.6 Å². The number of nitrogens with two attached hydrogens (primary N) is 2. The third kappa shape index (κ3) is 5.62.